The number of aryl methyl sites for hydroxylation is 2. The summed E-state index contributed by atoms with van der Waals surface area (Å²) in [4.78, 5) is 12.6. The molecule has 1 aromatic carbocycles. The lowest BCUT2D eigenvalue weighted by molar-refractivity contribution is -0.121. The first-order valence-electron chi connectivity index (χ1n) is 10.2. The number of aromatic nitrogens is 2. The summed E-state index contributed by atoms with van der Waals surface area (Å²) in [6.07, 6.45) is 2.05. The summed E-state index contributed by atoms with van der Waals surface area (Å²) < 4.78 is 29.0. The number of amides is 1. The smallest absolute Gasteiger partial charge is 0.246 e. The molecule has 2 heterocycles. The predicted molar refractivity (Wildman–Crippen MR) is 112 cm³/mol. The highest BCUT2D eigenvalue weighted by molar-refractivity contribution is 7.89. The van der Waals surface area contributed by atoms with Crippen LogP contribution >= 0.6 is 0 Å². The standard InChI is InChI=1S/C21H30N4O3S/c1-16(19-9-5-4-6-10-19)15-22-20(26)11-14-25-18(3)21(17(2)23-25)29(27,28)24-12-7-8-13-24/h4-6,9-10,16H,7-8,11-15H2,1-3H3,(H,22,26)/t16-/m0/s1. The monoisotopic (exact) mass is 418 g/mol. The Hall–Kier alpha value is -2.19. The van der Waals surface area contributed by atoms with Crippen molar-refractivity contribution in [3.8, 4) is 0 Å². The van der Waals surface area contributed by atoms with Crippen molar-refractivity contribution in [2.45, 2.75) is 57.4 Å². The van der Waals surface area contributed by atoms with Crippen LogP contribution in [0, 0.1) is 13.8 Å². The molecule has 0 spiro atoms. The lowest BCUT2D eigenvalue weighted by Gasteiger charge is -2.16. The predicted octanol–water partition coefficient (Wildman–Crippen LogP) is 2.59. The van der Waals surface area contributed by atoms with Crippen LogP contribution in [0.25, 0.3) is 0 Å². The number of carbonyl (C=O) groups excluding carboxylic acids is 1. The lowest BCUT2D eigenvalue weighted by atomic mass is 10.0. The molecule has 1 saturated heterocycles. The summed E-state index contributed by atoms with van der Waals surface area (Å²) in [5.41, 5.74) is 2.27. The van der Waals surface area contributed by atoms with Crippen LogP contribution in [0.1, 0.15) is 49.1 Å². The molecular formula is C21H30N4O3S. The van der Waals surface area contributed by atoms with Gasteiger partial charge in [0.15, 0.2) is 0 Å². The Morgan fingerprint density at radius 3 is 2.48 bits per heavy atom. The van der Waals surface area contributed by atoms with E-state index in [1.807, 2.05) is 18.2 Å². The highest BCUT2D eigenvalue weighted by Crippen LogP contribution is 2.26. The van der Waals surface area contributed by atoms with Gasteiger partial charge in [0, 0.05) is 26.1 Å². The second-order valence-corrected chi connectivity index (χ2v) is 9.57. The molecule has 1 N–H and O–H groups in total. The second kappa shape index (κ2) is 9.09. The van der Waals surface area contributed by atoms with E-state index in [1.165, 1.54) is 9.87 Å². The van der Waals surface area contributed by atoms with Crippen LogP contribution in [0.4, 0.5) is 0 Å². The van der Waals surface area contributed by atoms with Crippen LogP contribution in [-0.4, -0.2) is 48.0 Å². The molecule has 0 unspecified atom stereocenters. The van der Waals surface area contributed by atoms with Crippen LogP contribution in [0.5, 0.6) is 0 Å². The Kier molecular flexibility index (Phi) is 6.74. The van der Waals surface area contributed by atoms with Crippen molar-refractivity contribution in [3.63, 3.8) is 0 Å². The van der Waals surface area contributed by atoms with Gasteiger partial charge in [-0.25, -0.2) is 8.42 Å². The van der Waals surface area contributed by atoms with Gasteiger partial charge in [-0.3, -0.25) is 9.48 Å². The van der Waals surface area contributed by atoms with Crippen LogP contribution in [0.3, 0.4) is 0 Å². The zero-order valence-corrected chi connectivity index (χ0v) is 18.2. The van der Waals surface area contributed by atoms with E-state index in [0.29, 0.717) is 37.6 Å². The average Bonchev–Trinajstić information content (AvgIpc) is 3.34. The normalized spacial score (nSPS) is 16.1. The summed E-state index contributed by atoms with van der Waals surface area (Å²) in [5, 5.41) is 7.35. The number of hydrogen-bond donors (Lipinski definition) is 1. The Morgan fingerprint density at radius 2 is 1.83 bits per heavy atom. The van der Waals surface area contributed by atoms with Gasteiger partial charge in [-0.1, -0.05) is 37.3 Å². The summed E-state index contributed by atoms with van der Waals surface area (Å²) in [6.45, 7) is 7.60. The quantitative estimate of drug-likeness (QED) is 0.714. The molecule has 1 atom stereocenters. The maximum Gasteiger partial charge on any atom is 0.246 e. The number of carbonyl (C=O) groups is 1. The van der Waals surface area contributed by atoms with E-state index in [4.69, 9.17) is 0 Å². The molecule has 8 heteroatoms. The van der Waals surface area contributed by atoms with Gasteiger partial charge in [-0.15, -0.1) is 0 Å². The van der Waals surface area contributed by atoms with Crippen LogP contribution in [0.15, 0.2) is 35.2 Å². The fraction of sp³-hybridized carbons (Fsp3) is 0.524. The van der Waals surface area contributed by atoms with Crippen LogP contribution in [0.2, 0.25) is 0 Å². The topological polar surface area (TPSA) is 84.3 Å². The van der Waals surface area contributed by atoms with Crippen molar-refractivity contribution in [2.24, 2.45) is 0 Å². The van der Waals surface area contributed by atoms with Gasteiger partial charge < -0.3 is 5.32 Å². The summed E-state index contributed by atoms with van der Waals surface area (Å²) in [5.74, 6) is 0.162. The fourth-order valence-corrected chi connectivity index (χ4v) is 5.68. The highest BCUT2D eigenvalue weighted by atomic mass is 32.2. The molecule has 0 saturated carbocycles. The molecule has 158 valence electrons. The van der Waals surface area contributed by atoms with Gasteiger partial charge in [0.1, 0.15) is 4.90 Å². The molecule has 1 aliphatic rings. The van der Waals surface area contributed by atoms with Gasteiger partial charge in [-0.2, -0.15) is 9.40 Å². The second-order valence-electron chi connectivity index (χ2n) is 7.70. The maximum atomic E-state index is 12.9. The van der Waals surface area contributed by atoms with Gasteiger partial charge in [0.2, 0.25) is 15.9 Å². The van der Waals surface area contributed by atoms with E-state index >= 15 is 0 Å². The van der Waals surface area contributed by atoms with E-state index in [-0.39, 0.29) is 23.1 Å². The molecule has 2 aromatic rings. The van der Waals surface area contributed by atoms with Crippen molar-refractivity contribution in [1.29, 1.82) is 0 Å². The molecule has 29 heavy (non-hydrogen) atoms. The van der Waals surface area contributed by atoms with Gasteiger partial charge in [0.05, 0.1) is 17.9 Å². The van der Waals surface area contributed by atoms with Gasteiger partial charge in [-0.05, 0) is 38.2 Å². The maximum absolute atomic E-state index is 12.9. The number of benzene rings is 1. The third-order valence-electron chi connectivity index (χ3n) is 5.50. The molecule has 1 aliphatic heterocycles. The van der Waals surface area contributed by atoms with Crippen molar-refractivity contribution >= 4 is 15.9 Å². The first-order chi connectivity index (χ1) is 13.8. The van der Waals surface area contributed by atoms with Crippen LogP contribution in [-0.2, 0) is 21.4 Å². The number of nitrogens with one attached hydrogen (secondary N) is 1. The molecule has 1 amide bonds. The SMILES string of the molecule is Cc1nn(CCC(=O)NC[C@H](C)c2ccccc2)c(C)c1S(=O)(=O)N1CCCC1. The van der Waals surface area contributed by atoms with Crippen molar-refractivity contribution in [1.82, 2.24) is 19.4 Å². The third kappa shape index (κ3) is 4.87. The van der Waals surface area contributed by atoms with Gasteiger partial charge >= 0.3 is 0 Å². The van der Waals surface area contributed by atoms with Crippen molar-refractivity contribution in [3.05, 3.63) is 47.3 Å². The number of rotatable bonds is 8. The van der Waals surface area contributed by atoms with E-state index in [2.05, 4.69) is 29.5 Å². The summed E-state index contributed by atoms with van der Waals surface area (Å²) in [6, 6.07) is 10.1. The molecular weight excluding hydrogens is 388 g/mol. The number of nitrogens with zero attached hydrogens (tertiary/aromatic N) is 3. The van der Waals surface area contributed by atoms with E-state index in [1.54, 1.807) is 18.5 Å². The van der Waals surface area contributed by atoms with E-state index < -0.39 is 10.0 Å². The summed E-state index contributed by atoms with van der Waals surface area (Å²) in [7, 11) is -3.52. The molecule has 0 aliphatic carbocycles. The number of sulfonamides is 1. The molecule has 1 aromatic heterocycles. The average molecular weight is 419 g/mol. The molecule has 0 bridgehead atoms. The Bertz CT molecular complexity index is 948. The van der Waals surface area contributed by atoms with Crippen LogP contribution < -0.4 is 5.32 Å². The lowest BCUT2D eigenvalue weighted by Crippen LogP contribution is -2.29. The molecule has 3 rings (SSSR count). The van der Waals surface area contributed by atoms with Crippen molar-refractivity contribution < 1.29 is 13.2 Å². The fourth-order valence-electron chi connectivity index (χ4n) is 3.79. The zero-order valence-electron chi connectivity index (χ0n) is 17.4. The minimum absolute atomic E-state index is 0.0655. The van der Waals surface area contributed by atoms with E-state index in [0.717, 1.165) is 12.8 Å². The Labute approximate surface area is 173 Å². The van der Waals surface area contributed by atoms with Crippen molar-refractivity contribution in [2.75, 3.05) is 19.6 Å². The Balaban J connectivity index is 1.59. The molecule has 0 radical (unpaired) electrons. The van der Waals surface area contributed by atoms with E-state index in [9.17, 15) is 13.2 Å². The highest BCUT2D eigenvalue weighted by Gasteiger charge is 2.32. The Morgan fingerprint density at radius 1 is 1.17 bits per heavy atom. The molecule has 1 fully saturated rings. The number of hydrogen-bond acceptors (Lipinski definition) is 4. The largest absolute Gasteiger partial charge is 0.355 e. The minimum atomic E-state index is -3.52. The third-order valence-corrected chi connectivity index (χ3v) is 7.65. The molecule has 7 nitrogen and oxygen atoms in total. The summed E-state index contributed by atoms with van der Waals surface area (Å²) >= 11 is 0. The van der Waals surface area contributed by atoms with Gasteiger partial charge in [0.25, 0.3) is 0 Å². The minimum Gasteiger partial charge on any atom is -0.355 e. The first kappa shape index (κ1) is 21.5. The zero-order chi connectivity index (χ0) is 21.0. The first-order valence-corrected chi connectivity index (χ1v) is 11.6.